The summed E-state index contributed by atoms with van der Waals surface area (Å²) in [4.78, 5) is 3.21. The van der Waals surface area contributed by atoms with Crippen LogP contribution >= 0.6 is 12.2 Å². The van der Waals surface area contributed by atoms with Crippen LogP contribution in [0.2, 0.25) is 0 Å². The molecule has 1 fully saturated rings. The lowest BCUT2D eigenvalue weighted by Gasteiger charge is -2.35. The highest BCUT2D eigenvalue weighted by Gasteiger charge is 2.31. The quantitative estimate of drug-likeness (QED) is 0.812. The van der Waals surface area contributed by atoms with Crippen LogP contribution in [0.1, 0.15) is 25.3 Å². The first-order valence-corrected chi connectivity index (χ1v) is 6.78. The first-order valence-electron chi connectivity index (χ1n) is 6.37. The van der Waals surface area contributed by atoms with E-state index in [0.29, 0.717) is 16.9 Å². The van der Waals surface area contributed by atoms with E-state index in [1.165, 1.54) is 0 Å². The fourth-order valence-corrected chi connectivity index (χ4v) is 3.23. The lowest BCUT2D eigenvalue weighted by atomic mass is 9.94. The number of rotatable bonds is 1. The summed E-state index contributed by atoms with van der Waals surface area (Å²) in [6, 6.07) is 7.78. The molecule has 2 heterocycles. The Morgan fingerprint density at radius 2 is 2.37 bits per heavy atom. The number of aromatic amines is 1. The number of nitriles is 1. The van der Waals surface area contributed by atoms with Crippen molar-refractivity contribution >= 4 is 23.3 Å². The number of nitrogens with one attached hydrogen (secondary N) is 1. The molecule has 19 heavy (non-hydrogen) atoms. The predicted octanol–water partition coefficient (Wildman–Crippen LogP) is 3.10. The van der Waals surface area contributed by atoms with Crippen molar-refractivity contribution in [2.75, 3.05) is 13.2 Å². The first kappa shape index (κ1) is 12.4. The molecule has 5 heteroatoms. The topological polar surface area (TPSA) is 53.7 Å². The molecule has 0 aliphatic carbocycles. The third-order valence-electron chi connectivity index (χ3n) is 3.77. The van der Waals surface area contributed by atoms with Crippen LogP contribution in [0.5, 0.6) is 0 Å². The highest BCUT2D eigenvalue weighted by molar-refractivity contribution is 7.71. The van der Waals surface area contributed by atoms with Crippen LogP contribution in [0.4, 0.5) is 0 Å². The van der Waals surface area contributed by atoms with E-state index in [-0.39, 0.29) is 5.54 Å². The second kappa shape index (κ2) is 4.48. The molecule has 0 saturated carbocycles. The van der Waals surface area contributed by atoms with Crippen LogP contribution in [0.25, 0.3) is 11.0 Å². The van der Waals surface area contributed by atoms with E-state index in [0.717, 1.165) is 30.5 Å². The number of benzene rings is 1. The monoisotopic (exact) mass is 273 g/mol. The molecule has 1 aliphatic heterocycles. The van der Waals surface area contributed by atoms with Crippen molar-refractivity contribution in [1.29, 1.82) is 5.26 Å². The van der Waals surface area contributed by atoms with E-state index < -0.39 is 0 Å². The molecule has 4 nitrogen and oxygen atoms in total. The summed E-state index contributed by atoms with van der Waals surface area (Å²) in [5, 5.41) is 9.05. The Hall–Kier alpha value is -1.64. The fraction of sp³-hybridized carbons (Fsp3) is 0.429. The zero-order chi connectivity index (χ0) is 13.5. The second-order valence-corrected chi connectivity index (χ2v) is 5.65. The van der Waals surface area contributed by atoms with Crippen molar-refractivity contribution in [2.24, 2.45) is 0 Å². The molecule has 0 bridgehead atoms. The Morgan fingerprint density at radius 1 is 1.53 bits per heavy atom. The van der Waals surface area contributed by atoms with Gasteiger partial charge in [0.1, 0.15) is 0 Å². The van der Waals surface area contributed by atoms with Crippen LogP contribution < -0.4 is 0 Å². The third-order valence-corrected chi connectivity index (χ3v) is 4.05. The number of hydrogen-bond donors (Lipinski definition) is 1. The van der Waals surface area contributed by atoms with Gasteiger partial charge in [0, 0.05) is 6.61 Å². The molecule has 1 aromatic carbocycles. The van der Waals surface area contributed by atoms with Gasteiger partial charge >= 0.3 is 0 Å². The summed E-state index contributed by atoms with van der Waals surface area (Å²) in [5.74, 6) is 0. The van der Waals surface area contributed by atoms with E-state index in [9.17, 15) is 0 Å². The summed E-state index contributed by atoms with van der Waals surface area (Å²) in [7, 11) is 0. The minimum absolute atomic E-state index is 0.137. The van der Waals surface area contributed by atoms with Crippen LogP contribution in [-0.2, 0) is 10.3 Å². The summed E-state index contributed by atoms with van der Waals surface area (Å²) < 4.78 is 8.42. The maximum atomic E-state index is 9.05. The Labute approximate surface area is 116 Å². The average molecular weight is 273 g/mol. The van der Waals surface area contributed by atoms with E-state index in [1.807, 2.05) is 12.1 Å². The molecule has 1 N–H and O–H groups in total. The van der Waals surface area contributed by atoms with Gasteiger partial charge in [-0.1, -0.05) is 0 Å². The van der Waals surface area contributed by atoms with Crippen LogP contribution in [0, 0.1) is 16.1 Å². The van der Waals surface area contributed by atoms with Gasteiger partial charge in [-0.25, -0.2) is 0 Å². The van der Waals surface area contributed by atoms with Gasteiger partial charge in [-0.3, -0.25) is 0 Å². The third kappa shape index (κ3) is 1.97. The highest BCUT2D eigenvalue weighted by atomic mass is 32.1. The van der Waals surface area contributed by atoms with Crippen molar-refractivity contribution in [3.8, 4) is 6.07 Å². The lowest BCUT2D eigenvalue weighted by Crippen LogP contribution is -2.39. The minimum atomic E-state index is -0.137. The van der Waals surface area contributed by atoms with Gasteiger partial charge in [0.25, 0.3) is 0 Å². The Bertz CT molecular complexity index is 716. The number of hydrogen-bond acceptors (Lipinski definition) is 3. The van der Waals surface area contributed by atoms with Gasteiger partial charge in [-0.2, -0.15) is 5.26 Å². The zero-order valence-corrected chi connectivity index (χ0v) is 11.6. The van der Waals surface area contributed by atoms with Gasteiger partial charge in [0.05, 0.1) is 34.8 Å². The van der Waals surface area contributed by atoms with Crippen molar-refractivity contribution in [1.82, 2.24) is 9.55 Å². The molecule has 2 aromatic rings. The van der Waals surface area contributed by atoms with Crippen LogP contribution in [0.3, 0.4) is 0 Å². The maximum absolute atomic E-state index is 9.05. The molecular weight excluding hydrogens is 258 g/mol. The van der Waals surface area contributed by atoms with E-state index >= 15 is 0 Å². The standard InChI is InChI=1S/C14H15N3OS/c1-14(5-2-6-18-9-14)17-12-7-10(8-15)3-4-11(12)16-13(17)19/h3-4,7H,2,5-6,9H2,1H3,(H,16,19). The number of imidazole rings is 1. The maximum Gasteiger partial charge on any atom is 0.178 e. The number of nitrogens with zero attached hydrogens (tertiary/aromatic N) is 2. The van der Waals surface area contributed by atoms with E-state index in [2.05, 4.69) is 22.5 Å². The predicted molar refractivity (Wildman–Crippen MR) is 75.5 cm³/mol. The van der Waals surface area contributed by atoms with Crippen molar-refractivity contribution in [3.63, 3.8) is 0 Å². The highest BCUT2D eigenvalue weighted by Crippen LogP contribution is 2.31. The average Bonchev–Trinajstić information content (AvgIpc) is 2.74. The van der Waals surface area contributed by atoms with E-state index in [1.54, 1.807) is 6.07 Å². The molecule has 1 aliphatic rings. The normalized spacial score (nSPS) is 23.4. The van der Waals surface area contributed by atoms with Gasteiger partial charge in [0.2, 0.25) is 0 Å². The SMILES string of the molecule is CC1(n2c(=S)[nH]c3ccc(C#N)cc32)CCCOC1. The van der Waals surface area contributed by atoms with Crippen LogP contribution in [0.15, 0.2) is 18.2 Å². The molecule has 0 spiro atoms. The molecule has 0 radical (unpaired) electrons. The number of aromatic nitrogens is 2. The summed E-state index contributed by atoms with van der Waals surface area (Å²) in [5.41, 5.74) is 2.46. The Morgan fingerprint density at radius 3 is 3.05 bits per heavy atom. The van der Waals surface area contributed by atoms with Gasteiger partial charge in [-0.05, 0) is 50.2 Å². The zero-order valence-electron chi connectivity index (χ0n) is 10.8. The van der Waals surface area contributed by atoms with Crippen molar-refractivity contribution in [3.05, 3.63) is 28.5 Å². The summed E-state index contributed by atoms with van der Waals surface area (Å²) in [6.07, 6.45) is 2.06. The molecule has 1 aromatic heterocycles. The minimum Gasteiger partial charge on any atom is -0.379 e. The number of fused-ring (bicyclic) bond motifs is 1. The summed E-state index contributed by atoms with van der Waals surface area (Å²) in [6.45, 7) is 3.63. The largest absolute Gasteiger partial charge is 0.379 e. The Balaban J connectivity index is 2.25. The van der Waals surface area contributed by atoms with Gasteiger partial charge < -0.3 is 14.3 Å². The molecule has 1 atom stereocenters. The molecule has 0 amide bonds. The smallest absolute Gasteiger partial charge is 0.178 e. The summed E-state index contributed by atoms with van der Waals surface area (Å²) >= 11 is 5.45. The molecule has 98 valence electrons. The first-order chi connectivity index (χ1) is 9.14. The molecule has 3 rings (SSSR count). The molecule has 1 saturated heterocycles. The van der Waals surface area contributed by atoms with Gasteiger partial charge in [0.15, 0.2) is 4.77 Å². The number of ether oxygens (including phenoxy) is 1. The number of H-pyrrole nitrogens is 1. The molecular formula is C14H15N3OS. The van der Waals surface area contributed by atoms with Crippen LogP contribution in [-0.4, -0.2) is 22.8 Å². The fourth-order valence-electron chi connectivity index (χ4n) is 2.80. The molecule has 1 unspecified atom stereocenters. The van der Waals surface area contributed by atoms with Crippen molar-refractivity contribution in [2.45, 2.75) is 25.3 Å². The Kier molecular flexibility index (Phi) is 2.92. The van der Waals surface area contributed by atoms with E-state index in [4.69, 9.17) is 22.2 Å². The second-order valence-electron chi connectivity index (χ2n) is 5.26. The lowest BCUT2D eigenvalue weighted by molar-refractivity contribution is 0.0108. The van der Waals surface area contributed by atoms with Crippen molar-refractivity contribution < 1.29 is 4.74 Å². The van der Waals surface area contributed by atoms with Gasteiger partial charge in [-0.15, -0.1) is 0 Å².